The van der Waals surface area contributed by atoms with Crippen molar-refractivity contribution in [3.05, 3.63) is 40.4 Å². The number of nitro groups is 1. The molecule has 32 heavy (non-hydrogen) atoms. The third-order valence-corrected chi connectivity index (χ3v) is 6.65. The Hall–Kier alpha value is -3.25. The minimum absolute atomic E-state index is 0.0141. The van der Waals surface area contributed by atoms with Crippen LogP contribution in [0.2, 0.25) is 0 Å². The van der Waals surface area contributed by atoms with E-state index in [4.69, 9.17) is 14.2 Å². The summed E-state index contributed by atoms with van der Waals surface area (Å²) in [5, 5.41) is 11.3. The second-order valence-corrected chi connectivity index (χ2v) is 8.83. The fraction of sp³-hybridized carbons (Fsp3) is 0.400. The third-order valence-electron chi connectivity index (χ3n) is 5.22. The molecule has 1 aliphatic heterocycles. The van der Waals surface area contributed by atoms with Crippen molar-refractivity contribution >= 4 is 27.1 Å². The number of likely N-dealkylation sites (N-methyl/N-ethyl adjacent to an activating group) is 1. The minimum Gasteiger partial charge on any atom is -0.496 e. The Balaban J connectivity index is 2.09. The number of hydrogen-bond donors (Lipinski definition) is 1. The molecule has 2 aromatic carbocycles. The van der Waals surface area contributed by atoms with Gasteiger partial charge in [-0.3, -0.25) is 14.8 Å². The van der Waals surface area contributed by atoms with Gasteiger partial charge in [-0.05, 0) is 13.1 Å². The molecule has 1 aliphatic rings. The molecule has 1 heterocycles. The summed E-state index contributed by atoms with van der Waals surface area (Å²) in [6, 6.07) is 6.98. The molecule has 0 spiro atoms. The monoisotopic (exact) mass is 466 g/mol. The number of benzene rings is 2. The van der Waals surface area contributed by atoms with E-state index in [1.54, 1.807) is 6.07 Å². The number of non-ortho nitro benzene ring substituents is 1. The lowest BCUT2D eigenvalue weighted by molar-refractivity contribution is -0.384. The van der Waals surface area contributed by atoms with Gasteiger partial charge < -0.3 is 24.0 Å². The van der Waals surface area contributed by atoms with Gasteiger partial charge >= 0.3 is 0 Å². The Morgan fingerprint density at radius 1 is 0.969 bits per heavy atom. The molecule has 174 valence electrons. The molecule has 1 N–H and O–H groups in total. The topological polar surface area (TPSA) is 123 Å². The SMILES string of the molecule is COc1cc(OC)c(S(=O)(=O)Nc2cc([N+](=O)[O-])ccc2N2CCN(C)CC2)c(OC)c1. The zero-order valence-corrected chi connectivity index (χ0v) is 19.1. The first kappa shape index (κ1) is 23.4. The summed E-state index contributed by atoms with van der Waals surface area (Å²) in [5.74, 6) is 0.381. The summed E-state index contributed by atoms with van der Waals surface area (Å²) in [7, 11) is 1.84. The summed E-state index contributed by atoms with van der Waals surface area (Å²) in [6.45, 7) is 2.86. The van der Waals surface area contributed by atoms with E-state index in [-0.39, 0.29) is 27.8 Å². The maximum absolute atomic E-state index is 13.4. The number of rotatable bonds is 8. The molecule has 12 heteroatoms. The Morgan fingerprint density at radius 3 is 2.06 bits per heavy atom. The standard InChI is InChI=1S/C20H26N4O7S/c1-22-7-9-23(10-8-22)17-6-5-14(24(25)26)11-16(17)21-32(27,28)20-18(30-3)12-15(29-2)13-19(20)31-4/h5-6,11-13,21H,7-10H2,1-4H3. The van der Waals surface area contributed by atoms with Crippen molar-refractivity contribution in [3.63, 3.8) is 0 Å². The van der Waals surface area contributed by atoms with Crippen LogP contribution < -0.4 is 23.8 Å². The van der Waals surface area contributed by atoms with Crippen LogP contribution >= 0.6 is 0 Å². The van der Waals surface area contributed by atoms with Crippen LogP contribution in [0.15, 0.2) is 35.2 Å². The number of methoxy groups -OCH3 is 3. The lowest BCUT2D eigenvalue weighted by atomic mass is 10.2. The largest absolute Gasteiger partial charge is 0.496 e. The summed E-state index contributed by atoms with van der Waals surface area (Å²) < 4.78 is 45.1. The molecule has 1 fully saturated rings. The van der Waals surface area contributed by atoms with Gasteiger partial charge in [0, 0.05) is 50.4 Å². The van der Waals surface area contributed by atoms with Crippen LogP contribution in [-0.4, -0.2) is 72.8 Å². The van der Waals surface area contributed by atoms with Gasteiger partial charge in [-0.25, -0.2) is 8.42 Å². The van der Waals surface area contributed by atoms with Crippen LogP contribution in [0.5, 0.6) is 17.2 Å². The van der Waals surface area contributed by atoms with Crippen LogP contribution in [0.3, 0.4) is 0 Å². The minimum atomic E-state index is -4.25. The molecule has 11 nitrogen and oxygen atoms in total. The molecule has 0 unspecified atom stereocenters. The van der Waals surface area contributed by atoms with Gasteiger partial charge in [0.05, 0.1) is 37.6 Å². The molecule has 0 saturated carbocycles. The number of nitrogens with one attached hydrogen (secondary N) is 1. The van der Waals surface area contributed by atoms with Gasteiger partial charge in [0.15, 0.2) is 4.90 Å². The lowest BCUT2D eigenvalue weighted by Crippen LogP contribution is -2.44. The normalized spacial score (nSPS) is 14.7. The van der Waals surface area contributed by atoms with Crippen molar-refractivity contribution in [2.24, 2.45) is 0 Å². The van der Waals surface area contributed by atoms with E-state index in [0.717, 1.165) is 13.1 Å². The maximum Gasteiger partial charge on any atom is 0.271 e. The Bertz CT molecular complexity index is 1070. The van der Waals surface area contributed by atoms with Crippen molar-refractivity contribution < 1.29 is 27.6 Å². The van der Waals surface area contributed by atoms with E-state index in [9.17, 15) is 18.5 Å². The molecule has 3 rings (SSSR count). The quantitative estimate of drug-likeness (QED) is 0.460. The number of sulfonamides is 1. The van der Waals surface area contributed by atoms with Crippen LogP contribution in [-0.2, 0) is 10.0 Å². The van der Waals surface area contributed by atoms with Crippen molar-refractivity contribution in [1.29, 1.82) is 0 Å². The van der Waals surface area contributed by atoms with E-state index in [1.165, 1.54) is 45.6 Å². The fourth-order valence-corrected chi connectivity index (χ4v) is 4.85. The van der Waals surface area contributed by atoms with Crippen molar-refractivity contribution in [2.45, 2.75) is 4.90 Å². The predicted octanol–water partition coefficient (Wildman–Crippen LogP) is 2.17. The fourth-order valence-electron chi connectivity index (χ4n) is 3.48. The maximum atomic E-state index is 13.4. The highest BCUT2D eigenvalue weighted by Gasteiger charge is 2.29. The van der Waals surface area contributed by atoms with Gasteiger partial charge in [0.2, 0.25) is 0 Å². The average Bonchev–Trinajstić information content (AvgIpc) is 2.78. The van der Waals surface area contributed by atoms with Crippen LogP contribution in [0, 0.1) is 10.1 Å². The molecule has 0 bridgehead atoms. The van der Waals surface area contributed by atoms with Crippen molar-refractivity contribution in [1.82, 2.24) is 4.90 Å². The lowest BCUT2D eigenvalue weighted by Gasteiger charge is -2.35. The number of ether oxygens (including phenoxy) is 3. The Morgan fingerprint density at radius 2 is 1.56 bits per heavy atom. The molecule has 0 radical (unpaired) electrons. The zero-order chi connectivity index (χ0) is 23.5. The van der Waals surface area contributed by atoms with Gasteiger partial charge in [-0.15, -0.1) is 0 Å². The predicted molar refractivity (Wildman–Crippen MR) is 120 cm³/mol. The van der Waals surface area contributed by atoms with E-state index in [1.807, 2.05) is 11.9 Å². The number of nitro benzene ring substituents is 1. The molecule has 0 amide bonds. The average molecular weight is 467 g/mol. The van der Waals surface area contributed by atoms with Gasteiger partial charge in [-0.1, -0.05) is 0 Å². The highest BCUT2D eigenvalue weighted by Crippen LogP contribution is 2.40. The van der Waals surface area contributed by atoms with E-state index in [2.05, 4.69) is 9.62 Å². The summed E-state index contributed by atoms with van der Waals surface area (Å²) >= 11 is 0. The first-order chi connectivity index (χ1) is 15.2. The molecule has 0 atom stereocenters. The zero-order valence-electron chi connectivity index (χ0n) is 18.3. The Kier molecular flexibility index (Phi) is 6.94. The molecule has 0 aliphatic carbocycles. The smallest absolute Gasteiger partial charge is 0.271 e. The summed E-state index contributed by atoms with van der Waals surface area (Å²) in [4.78, 5) is 14.7. The highest BCUT2D eigenvalue weighted by atomic mass is 32.2. The number of piperazine rings is 1. The first-order valence-electron chi connectivity index (χ1n) is 9.75. The van der Waals surface area contributed by atoms with Crippen molar-refractivity contribution in [2.75, 3.05) is 64.2 Å². The van der Waals surface area contributed by atoms with Crippen LogP contribution in [0.1, 0.15) is 0 Å². The number of nitrogens with zero attached hydrogens (tertiary/aromatic N) is 3. The van der Waals surface area contributed by atoms with Gasteiger partial charge in [0.1, 0.15) is 17.2 Å². The highest BCUT2D eigenvalue weighted by molar-refractivity contribution is 7.93. The summed E-state index contributed by atoms with van der Waals surface area (Å²) in [5.41, 5.74) is 0.427. The summed E-state index contributed by atoms with van der Waals surface area (Å²) in [6.07, 6.45) is 0. The molecule has 0 aromatic heterocycles. The molecule has 1 saturated heterocycles. The second-order valence-electron chi connectivity index (χ2n) is 7.22. The van der Waals surface area contributed by atoms with E-state index in [0.29, 0.717) is 24.5 Å². The van der Waals surface area contributed by atoms with Crippen LogP contribution in [0.4, 0.5) is 17.1 Å². The Labute approximate surface area is 186 Å². The first-order valence-corrected chi connectivity index (χ1v) is 11.2. The molecular formula is C20H26N4O7S. The number of anilines is 2. The van der Waals surface area contributed by atoms with Crippen molar-refractivity contribution in [3.8, 4) is 17.2 Å². The second kappa shape index (κ2) is 9.49. The molecular weight excluding hydrogens is 440 g/mol. The third kappa shape index (κ3) is 4.81. The number of hydrogen-bond acceptors (Lipinski definition) is 9. The molecule has 2 aromatic rings. The van der Waals surface area contributed by atoms with Crippen LogP contribution in [0.25, 0.3) is 0 Å². The van der Waals surface area contributed by atoms with E-state index < -0.39 is 14.9 Å². The van der Waals surface area contributed by atoms with E-state index >= 15 is 0 Å². The van der Waals surface area contributed by atoms with Gasteiger partial charge in [-0.2, -0.15) is 0 Å². The van der Waals surface area contributed by atoms with Gasteiger partial charge in [0.25, 0.3) is 15.7 Å².